The van der Waals surface area contributed by atoms with Crippen LogP contribution in [0.3, 0.4) is 0 Å². The lowest BCUT2D eigenvalue weighted by Crippen LogP contribution is -2.66. The fourth-order valence-electron chi connectivity index (χ4n) is 4.40. The zero-order chi connectivity index (χ0) is 25.2. The Balaban J connectivity index is 1.58. The Kier molecular flexibility index (Phi) is 9.81. The van der Waals surface area contributed by atoms with Crippen molar-refractivity contribution in [2.45, 2.75) is 56.4 Å². The van der Waals surface area contributed by atoms with Gasteiger partial charge in [-0.15, -0.1) is 6.58 Å². The van der Waals surface area contributed by atoms with Crippen LogP contribution in [0, 0.1) is 0 Å². The van der Waals surface area contributed by atoms with E-state index in [0.29, 0.717) is 6.61 Å². The van der Waals surface area contributed by atoms with Crippen LogP contribution in [0.25, 0.3) is 0 Å². The van der Waals surface area contributed by atoms with Gasteiger partial charge in [0.15, 0.2) is 0 Å². The van der Waals surface area contributed by atoms with E-state index in [0.717, 1.165) is 16.7 Å². The van der Waals surface area contributed by atoms with Crippen molar-refractivity contribution < 1.29 is 29.2 Å². The minimum absolute atomic E-state index is 0.231. The first kappa shape index (κ1) is 26.2. The summed E-state index contributed by atoms with van der Waals surface area (Å²) in [4.78, 5) is 0. The monoisotopic (exact) mass is 490 g/mol. The summed E-state index contributed by atoms with van der Waals surface area (Å²) in [5.74, 6) is 0. The van der Waals surface area contributed by atoms with Gasteiger partial charge in [-0.3, -0.25) is 0 Å². The quantitative estimate of drug-likeness (QED) is 0.373. The molecule has 0 aromatic heterocycles. The van der Waals surface area contributed by atoms with Gasteiger partial charge >= 0.3 is 0 Å². The van der Waals surface area contributed by atoms with Crippen LogP contribution in [-0.4, -0.2) is 53.4 Å². The molecule has 0 amide bonds. The smallest absolute Gasteiger partial charge is 0.116 e. The first-order valence-corrected chi connectivity index (χ1v) is 12.2. The molecule has 0 radical (unpaired) electrons. The SMILES string of the molecule is C=CCO[C@H]1[C@@H](OCc2ccccc2)[C@@H](OCc2ccccc2)[C@H](O)[C@@H](O)[C@@H]1OCc1ccccc1. The van der Waals surface area contributed by atoms with E-state index >= 15 is 0 Å². The molecule has 36 heavy (non-hydrogen) atoms. The Bertz CT molecular complexity index is 1030. The summed E-state index contributed by atoms with van der Waals surface area (Å²) in [5.41, 5.74) is 2.88. The van der Waals surface area contributed by atoms with E-state index in [2.05, 4.69) is 6.58 Å². The highest BCUT2D eigenvalue weighted by atomic mass is 16.6. The van der Waals surface area contributed by atoms with E-state index in [1.165, 1.54) is 0 Å². The van der Waals surface area contributed by atoms with Gasteiger partial charge in [-0.1, -0.05) is 97.1 Å². The molecule has 1 aliphatic carbocycles. The summed E-state index contributed by atoms with van der Waals surface area (Å²) in [5, 5.41) is 22.3. The Hall–Kier alpha value is -2.84. The Morgan fingerprint density at radius 1 is 0.528 bits per heavy atom. The molecule has 0 bridgehead atoms. The van der Waals surface area contributed by atoms with E-state index in [9.17, 15) is 10.2 Å². The highest BCUT2D eigenvalue weighted by molar-refractivity contribution is 5.16. The first-order chi connectivity index (χ1) is 17.7. The molecule has 1 aliphatic rings. The van der Waals surface area contributed by atoms with Crippen LogP contribution < -0.4 is 0 Å². The van der Waals surface area contributed by atoms with Crippen LogP contribution in [0.5, 0.6) is 0 Å². The molecule has 6 nitrogen and oxygen atoms in total. The fourth-order valence-corrected chi connectivity index (χ4v) is 4.40. The fraction of sp³-hybridized carbons (Fsp3) is 0.333. The largest absolute Gasteiger partial charge is 0.387 e. The molecule has 1 saturated carbocycles. The molecule has 3 aromatic carbocycles. The van der Waals surface area contributed by atoms with Crippen molar-refractivity contribution >= 4 is 0 Å². The normalized spacial score (nSPS) is 25.9. The third-order valence-corrected chi connectivity index (χ3v) is 6.26. The van der Waals surface area contributed by atoms with Crippen molar-refractivity contribution in [2.75, 3.05) is 6.61 Å². The summed E-state index contributed by atoms with van der Waals surface area (Å²) >= 11 is 0. The average molecular weight is 491 g/mol. The van der Waals surface area contributed by atoms with Gasteiger partial charge < -0.3 is 29.2 Å². The van der Waals surface area contributed by atoms with Crippen molar-refractivity contribution in [1.82, 2.24) is 0 Å². The second-order valence-electron chi connectivity index (χ2n) is 8.85. The topological polar surface area (TPSA) is 77.4 Å². The minimum Gasteiger partial charge on any atom is -0.387 e. The van der Waals surface area contributed by atoms with Crippen LogP contribution in [-0.2, 0) is 38.8 Å². The van der Waals surface area contributed by atoms with Crippen LogP contribution >= 0.6 is 0 Å². The maximum atomic E-state index is 11.2. The Morgan fingerprint density at radius 2 is 0.861 bits per heavy atom. The van der Waals surface area contributed by atoms with Crippen molar-refractivity contribution in [3.8, 4) is 0 Å². The molecule has 0 saturated heterocycles. The Morgan fingerprint density at radius 3 is 1.22 bits per heavy atom. The predicted octanol–water partition coefficient (Wildman–Crippen LogP) is 4.05. The number of aliphatic hydroxyl groups is 2. The van der Waals surface area contributed by atoms with Crippen molar-refractivity contribution in [2.24, 2.45) is 0 Å². The molecule has 1 fully saturated rings. The van der Waals surface area contributed by atoms with Crippen LogP contribution in [0.1, 0.15) is 16.7 Å². The zero-order valence-electron chi connectivity index (χ0n) is 20.3. The molecule has 6 atom stereocenters. The van der Waals surface area contributed by atoms with Crippen LogP contribution in [0.15, 0.2) is 104 Å². The number of hydrogen-bond acceptors (Lipinski definition) is 6. The van der Waals surface area contributed by atoms with Gasteiger partial charge in [-0.2, -0.15) is 0 Å². The predicted molar refractivity (Wildman–Crippen MR) is 137 cm³/mol. The number of aliphatic hydroxyl groups excluding tert-OH is 2. The summed E-state index contributed by atoms with van der Waals surface area (Å²) < 4.78 is 24.8. The van der Waals surface area contributed by atoms with E-state index < -0.39 is 36.6 Å². The maximum Gasteiger partial charge on any atom is 0.116 e. The van der Waals surface area contributed by atoms with Gasteiger partial charge in [0, 0.05) is 0 Å². The van der Waals surface area contributed by atoms with Crippen molar-refractivity contribution in [3.05, 3.63) is 120 Å². The summed E-state index contributed by atoms with van der Waals surface area (Å²) in [7, 11) is 0. The molecule has 0 unspecified atom stereocenters. The Labute approximate surface area is 212 Å². The van der Waals surface area contributed by atoms with Crippen LogP contribution in [0.4, 0.5) is 0 Å². The van der Waals surface area contributed by atoms with Gasteiger partial charge in [0.2, 0.25) is 0 Å². The molecule has 6 heteroatoms. The van der Waals surface area contributed by atoms with Gasteiger partial charge in [-0.05, 0) is 16.7 Å². The molecular weight excluding hydrogens is 456 g/mol. The third kappa shape index (κ3) is 6.89. The van der Waals surface area contributed by atoms with E-state index in [1.54, 1.807) is 6.08 Å². The third-order valence-electron chi connectivity index (χ3n) is 6.26. The summed E-state index contributed by atoms with van der Waals surface area (Å²) in [6, 6.07) is 29.1. The lowest BCUT2D eigenvalue weighted by molar-refractivity contribution is -0.270. The number of benzene rings is 3. The number of rotatable bonds is 12. The van der Waals surface area contributed by atoms with Gasteiger partial charge in [-0.25, -0.2) is 0 Å². The van der Waals surface area contributed by atoms with Crippen molar-refractivity contribution in [1.29, 1.82) is 0 Å². The highest BCUT2D eigenvalue weighted by Crippen LogP contribution is 2.32. The molecule has 2 N–H and O–H groups in total. The molecule has 190 valence electrons. The lowest BCUT2D eigenvalue weighted by Gasteiger charge is -2.47. The van der Waals surface area contributed by atoms with E-state index in [4.69, 9.17) is 18.9 Å². The standard InChI is InChI=1S/C30H34O6/c1-2-18-33-29-27(34-19-22-12-6-3-7-13-22)25(31)26(32)28(35-20-23-14-8-4-9-15-23)30(29)36-21-24-16-10-5-11-17-24/h2-17,25-32H,1,18-21H2/t25-,26-,27+,28+,29-,30+/m1/s1. The molecule has 0 heterocycles. The summed E-state index contributed by atoms with van der Waals surface area (Å²) in [6.07, 6.45) is -3.91. The molecule has 4 rings (SSSR count). The van der Waals surface area contributed by atoms with E-state index in [1.807, 2.05) is 91.0 Å². The minimum atomic E-state index is -1.24. The molecular formula is C30H34O6. The molecule has 3 aromatic rings. The number of ether oxygens (including phenoxy) is 4. The first-order valence-electron chi connectivity index (χ1n) is 12.2. The van der Waals surface area contributed by atoms with Gasteiger partial charge in [0.1, 0.15) is 36.6 Å². The van der Waals surface area contributed by atoms with Gasteiger partial charge in [0.25, 0.3) is 0 Å². The molecule has 0 aliphatic heterocycles. The van der Waals surface area contributed by atoms with Crippen molar-refractivity contribution in [3.63, 3.8) is 0 Å². The van der Waals surface area contributed by atoms with E-state index in [-0.39, 0.29) is 19.8 Å². The average Bonchev–Trinajstić information content (AvgIpc) is 2.93. The second kappa shape index (κ2) is 13.5. The lowest BCUT2D eigenvalue weighted by atomic mass is 9.84. The second-order valence-corrected chi connectivity index (χ2v) is 8.85. The highest BCUT2D eigenvalue weighted by Gasteiger charge is 2.52. The van der Waals surface area contributed by atoms with Gasteiger partial charge in [0.05, 0.1) is 26.4 Å². The number of hydrogen-bond donors (Lipinski definition) is 2. The molecule has 0 spiro atoms. The van der Waals surface area contributed by atoms with Crippen LogP contribution in [0.2, 0.25) is 0 Å². The maximum absolute atomic E-state index is 11.2. The zero-order valence-corrected chi connectivity index (χ0v) is 20.3. The summed E-state index contributed by atoms with van der Waals surface area (Å²) in [6.45, 7) is 4.79.